The molecule has 2 saturated carbocycles. The van der Waals surface area contributed by atoms with Gasteiger partial charge in [0, 0.05) is 19.1 Å². The minimum absolute atomic E-state index is 0.0149. The second-order valence-electron chi connectivity index (χ2n) is 8.91. The number of halogens is 3. The lowest BCUT2D eigenvalue weighted by molar-refractivity contribution is -0.137. The van der Waals surface area contributed by atoms with Crippen molar-refractivity contribution in [1.82, 2.24) is 5.32 Å². The molecule has 0 unspecified atom stereocenters. The van der Waals surface area contributed by atoms with E-state index in [1.807, 2.05) is 30.3 Å². The Balaban J connectivity index is 1.40. The number of nitriles is 1. The molecule has 2 aromatic rings. The minimum Gasteiger partial charge on any atom is -0.310 e. The van der Waals surface area contributed by atoms with Crippen molar-refractivity contribution in [3.05, 3.63) is 65.2 Å². The van der Waals surface area contributed by atoms with Crippen molar-refractivity contribution >= 4 is 15.7 Å². The summed E-state index contributed by atoms with van der Waals surface area (Å²) in [6.45, 7) is 0.850. The summed E-state index contributed by atoms with van der Waals surface area (Å²) in [6.07, 6.45) is -3.02. The summed E-state index contributed by atoms with van der Waals surface area (Å²) in [5, 5.41) is 11.9. The van der Waals surface area contributed by atoms with E-state index >= 15 is 0 Å². The lowest BCUT2D eigenvalue weighted by atomic mass is 9.85. The maximum Gasteiger partial charge on any atom is 0.417 e. The van der Waals surface area contributed by atoms with Crippen molar-refractivity contribution < 1.29 is 21.6 Å². The molecular formula is C23H22F3N3O2S. The van der Waals surface area contributed by atoms with E-state index in [-0.39, 0.29) is 36.0 Å². The van der Waals surface area contributed by atoms with E-state index < -0.39 is 32.6 Å². The van der Waals surface area contributed by atoms with Crippen LogP contribution in [-0.4, -0.2) is 26.3 Å². The summed E-state index contributed by atoms with van der Waals surface area (Å²) in [5.74, 6) is 0.104. The van der Waals surface area contributed by atoms with Gasteiger partial charge in [0.05, 0.1) is 28.1 Å². The van der Waals surface area contributed by atoms with Crippen molar-refractivity contribution in [3.63, 3.8) is 0 Å². The fourth-order valence-electron chi connectivity index (χ4n) is 5.90. The molecule has 2 aliphatic carbocycles. The number of nitrogens with one attached hydrogen (secondary N) is 1. The summed E-state index contributed by atoms with van der Waals surface area (Å²) in [6, 6.07) is 14.7. The van der Waals surface area contributed by atoms with E-state index in [1.54, 1.807) is 6.07 Å². The van der Waals surface area contributed by atoms with Crippen LogP contribution in [0.2, 0.25) is 0 Å². The number of fused-ring (bicyclic) bond motifs is 5. The van der Waals surface area contributed by atoms with Crippen LogP contribution >= 0.6 is 0 Å². The fourth-order valence-corrected chi connectivity index (χ4v) is 8.47. The van der Waals surface area contributed by atoms with Crippen LogP contribution < -0.4 is 9.62 Å². The van der Waals surface area contributed by atoms with E-state index in [4.69, 9.17) is 5.26 Å². The first-order valence-electron chi connectivity index (χ1n) is 10.6. The SMILES string of the molecule is N#Cc1ccc(N2C[C@H]3[C@@H]4C[C@@H]([C@H]3S2(=O)=O)[C@H](NCc2ccccc2)C4)cc1C(F)(F)F. The largest absolute Gasteiger partial charge is 0.417 e. The van der Waals surface area contributed by atoms with Crippen molar-refractivity contribution in [2.45, 2.75) is 36.9 Å². The Morgan fingerprint density at radius 1 is 1.09 bits per heavy atom. The molecule has 5 atom stereocenters. The molecule has 3 aliphatic rings. The molecule has 1 saturated heterocycles. The van der Waals surface area contributed by atoms with Gasteiger partial charge in [-0.1, -0.05) is 30.3 Å². The molecule has 3 fully saturated rings. The van der Waals surface area contributed by atoms with Crippen molar-refractivity contribution in [3.8, 4) is 6.07 Å². The highest BCUT2D eigenvalue weighted by Gasteiger charge is 2.62. The summed E-state index contributed by atoms with van der Waals surface area (Å²) < 4.78 is 68.3. The predicted molar refractivity (Wildman–Crippen MR) is 113 cm³/mol. The fraction of sp³-hybridized carbons (Fsp3) is 0.435. The minimum atomic E-state index is -4.73. The number of sulfonamides is 1. The van der Waals surface area contributed by atoms with Crippen LogP contribution in [0.15, 0.2) is 48.5 Å². The Kier molecular flexibility index (Phi) is 4.98. The van der Waals surface area contributed by atoms with Crippen LogP contribution in [0, 0.1) is 29.1 Å². The van der Waals surface area contributed by atoms with Gasteiger partial charge < -0.3 is 5.32 Å². The third-order valence-electron chi connectivity index (χ3n) is 7.25. The molecule has 0 radical (unpaired) electrons. The van der Waals surface area contributed by atoms with Crippen molar-refractivity contribution in [2.75, 3.05) is 10.8 Å². The summed E-state index contributed by atoms with van der Waals surface area (Å²) in [5.41, 5.74) is -0.502. The highest BCUT2D eigenvalue weighted by molar-refractivity contribution is 7.93. The molecule has 32 heavy (non-hydrogen) atoms. The number of nitrogens with zero attached hydrogens (tertiary/aromatic N) is 2. The van der Waals surface area contributed by atoms with Gasteiger partial charge in [-0.25, -0.2) is 8.42 Å². The standard InChI is InChI=1S/C23H22F3N3O2S/c24-23(25,26)20-10-17(7-6-15(20)11-27)29-13-19-16-8-18(22(19)32(29,30)31)21(9-16)28-12-14-4-2-1-3-5-14/h1-7,10,16,18-19,21-22,28H,8-9,12-13H2/t16-,18-,19+,21-,22-/m1/s1. The highest BCUT2D eigenvalue weighted by atomic mass is 32.2. The third kappa shape index (κ3) is 3.37. The molecule has 1 heterocycles. The average Bonchev–Trinajstić information content (AvgIpc) is 3.42. The summed E-state index contributed by atoms with van der Waals surface area (Å²) in [4.78, 5) is 0. The Bertz CT molecular complexity index is 1180. The average molecular weight is 462 g/mol. The molecule has 1 aliphatic heterocycles. The predicted octanol–water partition coefficient (Wildman–Crippen LogP) is 3.91. The van der Waals surface area contributed by atoms with Crippen LogP contribution in [0.1, 0.15) is 29.5 Å². The van der Waals surface area contributed by atoms with Gasteiger partial charge in [-0.15, -0.1) is 0 Å². The number of alkyl halides is 3. The molecule has 2 bridgehead atoms. The quantitative estimate of drug-likeness (QED) is 0.749. The van der Waals surface area contributed by atoms with E-state index in [0.29, 0.717) is 6.54 Å². The maximum absolute atomic E-state index is 13.5. The van der Waals surface area contributed by atoms with Crippen molar-refractivity contribution in [2.24, 2.45) is 17.8 Å². The second-order valence-corrected chi connectivity index (χ2v) is 10.9. The third-order valence-corrected chi connectivity index (χ3v) is 9.62. The highest BCUT2D eigenvalue weighted by Crippen LogP contribution is 2.56. The molecule has 5 rings (SSSR count). The first-order valence-corrected chi connectivity index (χ1v) is 12.1. The molecule has 2 aromatic carbocycles. The molecule has 0 spiro atoms. The number of hydrogen-bond acceptors (Lipinski definition) is 4. The zero-order valence-electron chi connectivity index (χ0n) is 17.1. The number of rotatable bonds is 4. The van der Waals surface area contributed by atoms with E-state index in [9.17, 15) is 21.6 Å². The number of hydrogen-bond donors (Lipinski definition) is 1. The van der Waals surface area contributed by atoms with Crippen LogP contribution in [-0.2, 0) is 22.7 Å². The van der Waals surface area contributed by atoms with Gasteiger partial charge in [0.1, 0.15) is 0 Å². The van der Waals surface area contributed by atoms with Crippen LogP contribution in [0.5, 0.6) is 0 Å². The molecule has 0 aromatic heterocycles. The van der Waals surface area contributed by atoms with Gasteiger partial charge in [0.15, 0.2) is 0 Å². The Morgan fingerprint density at radius 3 is 2.53 bits per heavy atom. The normalized spacial score (nSPS) is 30.3. The maximum atomic E-state index is 13.5. The monoisotopic (exact) mass is 461 g/mol. The lowest BCUT2D eigenvalue weighted by Gasteiger charge is -2.30. The molecular weight excluding hydrogens is 439 g/mol. The Hall–Kier alpha value is -2.57. The van der Waals surface area contributed by atoms with E-state index in [1.165, 1.54) is 6.07 Å². The summed E-state index contributed by atoms with van der Waals surface area (Å²) >= 11 is 0. The molecule has 1 N–H and O–H groups in total. The van der Waals surface area contributed by atoms with Gasteiger partial charge in [-0.2, -0.15) is 18.4 Å². The van der Waals surface area contributed by atoms with E-state index in [0.717, 1.165) is 34.8 Å². The zero-order chi connectivity index (χ0) is 22.7. The van der Waals surface area contributed by atoms with Crippen molar-refractivity contribution in [1.29, 1.82) is 5.26 Å². The molecule has 9 heteroatoms. The molecule has 168 valence electrons. The molecule has 5 nitrogen and oxygen atoms in total. The summed E-state index contributed by atoms with van der Waals surface area (Å²) in [7, 11) is -3.80. The number of anilines is 1. The lowest BCUT2D eigenvalue weighted by Crippen LogP contribution is -2.44. The van der Waals surface area contributed by atoms with Crippen LogP contribution in [0.3, 0.4) is 0 Å². The number of benzene rings is 2. The smallest absolute Gasteiger partial charge is 0.310 e. The second kappa shape index (κ2) is 7.49. The topological polar surface area (TPSA) is 73.2 Å². The van der Waals surface area contributed by atoms with Gasteiger partial charge >= 0.3 is 6.18 Å². The first kappa shape index (κ1) is 21.3. The van der Waals surface area contributed by atoms with Crippen LogP contribution in [0.25, 0.3) is 0 Å². The zero-order valence-corrected chi connectivity index (χ0v) is 17.9. The first-order chi connectivity index (χ1) is 15.2. The Labute approximate surface area is 184 Å². The van der Waals surface area contributed by atoms with Gasteiger partial charge in [-0.3, -0.25) is 4.31 Å². The van der Waals surface area contributed by atoms with Gasteiger partial charge in [0.2, 0.25) is 10.0 Å². The van der Waals surface area contributed by atoms with E-state index in [2.05, 4.69) is 5.32 Å². The van der Waals surface area contributed by atoms with Gasteiger partial charge in [-0.05, 0) is 54.4 Å². The molecule has 0 amide bonds. The van der Waals surface area contributed by atoms with Gasteiger partial charge in [0.25, 0.3) is 0 Å². The van der Waals surface area contributed by atoms with Crippen LogP contribution in [0.4, 0.5) is 18.9 Å². The Morgan fingerprint density at radius 2 is 1.84 bits per heavy atom.